The van der Waals surface area contributed by atoms with Gasteiger partial charge in [0.15, 0.2) is 0 Å². The molecule has 0 unspecified atom stereocenters. The van der Waals surface area contributed by atoms with Crippen molar-refractivity contribution >= 4 is 40.6 Å². The number of hydrogen-bond donors (Lipinski definition) is 1. The van der Waals surface area contributed by atoms with Gasteiger partial charge in [-0.3, -0.25) is 19.3 Å². The minimum Gasteiger partial charge on any atom is -0.497 e. The zero-order valence-corrected chi connectivity index (χ0v) is 14.8. The van der Waals surface area contributed by atoms with E-state index in [0.717, 1.165) is 22.2 Å². The zero-order valence-electron chi connectivity index (χ0n) is 14.0. The molecule has 0 saturated carbocycles. The van der Waals surface area contributed by atoms with Crippen molar-refractivity contribution in [1.82, 2.24) is 4.90 Å². The smallest absolute Gasteiger partial charge is 0.294 e. The number of nitrogens with one attached hydrogen (secondary N) is 1. The van der Waals surface area contributed by atoms with Gasteiger partial charge in [0.1, 0.15) is 12.3 Å². The largest absolute Gasteiger partial charge is 0.497 e. The highest BCUT2D eigenvalue weighted by atomic mass is 32.2. The quantitative estimate of drug-likeness (QED) is 0.819. The Kier molecular flexibility index (Phi) is 5.38. The average Bonchev–Trinajstić information content (AvgIpc) is 2.90. The number of carbonyl (C=O) groups excluding carboxylic acids is 3. The Hall–Kier alpha value is -3.06. The van der Waals surface area contributed by atoms with Gasteiger partial charge in [-0.2, -0.15) is 0 Å². The van der Waals surface area contributed by atoms with E-state index in [1.165, 1.54) is 0 Å². The summed E-state index contributed by atoms with van der Waals surface area (Å²) in [7, 11) is 1.55. The van der Waals surface area contributed by atoms with Gasteiger partial charge in [-0.1, -0.05) is 30.3 Å². The highest BCUT2D eigenvalue weighted by Gasteiger charge is 2.36. The van der Waals surface area contributed by atoms with Crippen LogP contribution in [0.1, 0.15) is 5.56 Å². The molecule has 26 heavy (non-hydrogen) atoms. The topological polar surface area (TPSA) is 75.7 Å². The molecule has 0 aromatic heterocycles. The van der Waals surface area contributed by atoms with Crippen molar-refractivity contribution in [2.75, 3.05) is 19.0 Å². The van der Waals surface area contributed by atoms with Crippen LogP contribution in [0.2, 0.25) is 0 Å². The number of amides is 3. The summed E-state index contributed by atoms with van der Waals surface area (Å²) < 4.78 is 5.15. The fraction of sp³-hybridized carbons (Fsp3) is 0.105. The van der Waals surface area contributed by atoms with Gasteiger partial charge in [0.25, 0.3) is 11.1 Å². The van der Waals surface area contributed by atoms with Crippen LogP contribution in [-0.4, -0.2) is 35.6 Å². The number of nitrogens with zero attached hydrogens (tertiary/aromatic N) is 1. The van der Waals surface area contributed by atoms with Crippen molar-refractivity contribution in [1.29, 1.82) is 0 Å². The lowest BCUT2D eigenvalue weighted by Crippen LogP contribution is -2.36. The van der Waals surface area contributed by atoms with Crippen LogP contribution in [-0.2, 0) is 9.59 Å². The summed E-state index contributed by atoms with van der Waals surface area (Å²) in [5.41, 5.74) is 1.35. The van der Waals surface area contributed by atoms with E-state index in [1.807, 2.05) is 6.07 Å². The van der Waals surface area contributed by atoms with Crippen LogP contribution in [0, 0.1) is 0 Å². The number of rotatable bonds is 5. The monoisotopic (exact) mass is 368 g/mol. The predicted octanol–water partition coefficient (Wildman–Crippen LogP) is 3.37. The molecule has 1 fully saturated rings. The summed E-state index contributed by atoms with van der Waals surface area (Å²) in [5, 5.41) is 2.19. The number of ether oxygens (including phenoxy) is 1. The molecule has 0 atom stereocenters. The van der Waals surface area contributed by atoms with Crippen LogP contribution >= 0.6 is 11.8 Å². The van der Waals surface area contributed by atoms with Gasteiger partial charge in [-0.25, -0.2) is 0 Å². The van der Waals surface area contributed by atoms with Crippen LogP contribution < -0.4 is 10.1 Å². The van der Waals surface area contributed by atoms with Crippen molar-refractivity contribution in [3.05, 3.63) is 65.1 Å². The van der Waals surface area contributed by atoms with Gasteiger partial charge in [0.05, 0.1) is 12.0 Å². The summed E-state index contributed by atoms with van der Waals surface area (Å²) in [6.07, 6.45) is 1.61. The number of hydrogen-bond acceptors (Lipinski definition) is 5. The summed E-state index contributed by atoms with van der Waals surface area (Å²) in [6.45, 7) is -0.324. The minimum atomic E-state index is -0.481. The van der Waals surface area contributed by atoms with Gasteiger partial charge >= 0.3 is 0 Å². The van der Waals surface area contributed by atoms with E-state index >= 15 is 0 Å². The van der Waals surface area contributed by atoms with Crippen LogP contribution in [0.15, 0.2) is 59.5 Å². The third-order valence-electron chi connectivity index (χ3n) is 3.62. The molecule has 2 aromatic rings. The van der Waals surface area contributed by atoms with E-state index in [4.69, 9.17) is 4.74 Å². The Bertz CT molecular complexity index is 880. The molecule has 1 aliphatic rings. The highest BCUT2D eigenvalue weighted by Crippen LogP contribution is 2.32. The van der Waals surface area contributed by atoms with Gasteiger partial charge in [-0.15, -0.1) is 0 Å². The van der Waals surface area contributed by atoms with Crippen molar-refractivity contribution < 1.29 is 19.1 Å². The second kappa shape index (κ2) is 7.88. The van der Waals surface area contributed by atoms with Gasteiger partial charge in [-0.05, 0) is 47.7 Å². The average molecular weight is 368 g/mol. The molecular weight excluding hydrogens is 352 g/mol. The molecule has 1 saturated heterocycles. The summed E-state index contributed by atoms with van der Waals surface area (Å²) in [5.74, 6) is -0.257. The first-order chi connectivity index (χ1) is 12.6. The van der Waals surface area contributed by atoms with Crippen molar-refractivity contribution in [3.8, 4) is 5.75 Å². The van der Waals surface area contributed by atoms with Crippen LogP contribution in [0.3, 0.4) is 0 Å². The molecule has 6 nitrogen and oxygen atoms in total. The molecule has 3 rings (SSSR count). The summed E-state index contributed by atoms with van der Waals surface area (Å²) in [4.78, 5) is 37.9. The van der Waals surface area contributed by atoms with E-state index in [-0.39, 0.29) is 11.4 Å². The van der Waals surface area contributed by atoms with E-state index in [2.05, 4.69) is 5.32 Å². The van der Waals surface area contributed by atoms with Crippen LogP contribution in [0.5, 0.6) is 5.75 Å². The number of thioether (sulfide) groups is 1. The fourth-order valence-corrected chi connectivity index (χ4v) is 3.22. The summed E-state index contributed by atoms with van der Waals surface area (Å²) >= 11 is 0.816. The number of anilines is 1. The molecule has 7 heteroatoms. The van der Waals surface area contributed by atoms with Gasteiger partial charge in [0.2, 0.25) is 5.91 Å². The Morgan fingerprint density at radius 3 is 2.65 bits per heavy atom. The standard InChI is InChI=1S/C19H16N2O4S/c1-25-15-9-5-6-13(10-15)11-16-18(23)21(19(24)26-16)12-17(22)20-14-7-3-2-4-8-14/h2-11H,12H2,1H3,(H,20,22)/b16-11+. The molecule has 1 aliphatic heterocycles. The maximum absolute atomic E-state index is 12.5. The molecule has 0 radical (unpaired) electrons. The Labute approximate surface area is 154 Å². The number of methoxy groups -OCH3 is 1. The number of para-hydroxylation sites is 1. The van der Waals surface area contributed by atoms with E-state index in [1.54, 1.807) is 61.7 Å². The maximum Gasteiger partial charge on any atom is 0.294 e. The fourth-order valence-electron chi connectivity index (χ4n) is 2.38. The predicted molar refractivity (Wildman–Crippen MR) is 101 cm³/mol. The molecule has 1 N–H and O–H groups in total. The second-order valence-corrected chi connectivity index (χ2v) is 6.45. The Morgan fingerprint density at radius 1 is 1.15 bits per heavy atom. The van der Waals surface area contributed by atoms with E-state index < -0.39 is 17.1 Å². The first-order valence-corrected chi connectivity index (χ1v) is 8.63. The van der Waals surface area contributed by atoms with E-state index in [9.17, 15) is 14.4 Å². The van der Waals surface area contributed by atoms with Gasteiger partial charge < -0.3 is 10.1 Å². The van der Waals surface area contributed by atoms with Gasteiger partial charge in [0, 0.05) is 5.69 Å². The first kappa shape index (κ1) is 17.8. The maximum atomic E-state index is 12.5. The molecular formula is C19H16N2O4S. The molecule has 0 bridgehead atoms. The zero-order chi connectivity index (χ0) is 18.5. The number of imide groups is 1. The Morgan fingerprint density at radius 2 is 1.92 bits per heavy atom. The highest BCUT2D eigenvalue weighted by molar-refractivity contribution is 8.18. The molecule has 1 heterocycles. The number of benzene rings is 2. The lowest BCUT2D eigenvalue weighted by atomic mass is 10.2. The van der Waals surface area contributed by atoms with Crippen LogP contribution in [0.4, 0.5) is 10.5 Å². The van der Waals surface area contributed by atoms with Crippen molar-refractivity contribution in [3.63, 3.8) is 0 Å². The molecule has 0 spiro atoms. The molecule has 132 valence electrons. The lowest BCUT2D eigenvalue weighted by Gasteiger charge is -2.12. The normalized spacial score (nSPS) is 15.4. The minimum absolute atomic E-state index is 0.274. The molecule has 2 aromatic carbocycles. The first-order valence-electron chi connectivity index (χ1n) is 7.81. The summed E-state index contributed by atoms with van der Waals surface area (Å²) in [6, 6.07) is 16.0. The van der Waals surface area contributed by atoms with Crippen molar-refractivity contribution in [2.45, 2.75) is 0 Å². The number of carbonyl (C=O) groups is 3. The second-order valence-electron chi connectivity index (χ2n) is 5.46. The lowest BCUT2D eigenvalue weighted by molar-refractivity contribution is -0.127. The van der Waals surface area contributed by atoms with E-state index in [0.29, 0.717) is 11.4 Å². The third-order valence-corrected chi connectivity index (χ3v) is 4.53. The Balaban J connectivity index is 1.70. The third kappa shape index (κ3) is 4.12. The molecule has 0 aliphatic carbocycles. The van der Waals surface area contributed by atoms with Crippen molar-refractivity contribution in [2.24, 2.45) is 0 Å². The van der Waals surface area contributed by atoms with Crippen LogP contribution in [0.25, 0.3) is 6.08 Å². The molecule has 3 amide bonds. The SMILES string of the molecule is COc1cccc(/C=C2/SC(=O)N(CC(=O)Nc3ccccc3)C2=O)c1.